The van der Waals surface area contributed by atoms with Gasteiger partial charge in [-0.1, -0.05) is 13.3 Å². The maximum absolute atomic E-state index is 10.1. The van der Waals surface area contributed by atoms with Crippen LogP contribution >= 0.6 is 12.4 Å². The second-order valence-corrected chi connectivity index (χ2v) is 1.69. The van der Waals surface area contributed by atoms with Crippen LogP contribution in [0.15, 0.2) is 0 Å². The van der Waals surface area contributed by atoms with Crippen LogP contribution in [-0.4, -0.2) is 12.6 Å². The van der Waals surface area contributed by atoms with Crippen LogP contribution in [0.25, 0.3) is 0 Å². The van der Waals surface area contributed by atoms with Gasteiger partial charge in [-0.25, -0.2) is 0 Å². The molecule has 0 aliphatic carbocycles. The van der Waals surface area contributed by atoms with Gasteiger partial charge in [0.2, 0.25) is 0 Å². The molecule has 0 unspecified atom stereocenters. The van der Waals surface area contributed by atoms with Gasteiger partial charge in [-0.05, 0) is 6.42 Å². The van der Waals surface area contributed by atoms with Crippen LogP contribution < -0.4 is 0 Å². The summed E-state index contributed by atoms with van der Waals surface area (Å²) in [7, 11) is 0. The van der Waals surface area contributed by atoms with E-state index in [1.807, 2.05) is 0 Å². The van der Waals surface area contributed by atoms with Gasteiger partial charge >= 0.3 is 5.97 Å². The molecule has 9 heavy (non-hydrogen) atoms. The minimum absolute atomic E-state index is 0. The second-order valence-electron chi connectivity index (χ2n) is 1.69. The standard InChI is InChI=1S/C6H12O2.ClH/c1-3-4-5-8-6(2)7;/h3-5H2,1-2H3;1H. The molecule has 0 rings (SSSR count). The zero-order valence-corrected chi connectivity index (χ0v) is 6.66. The number of esters is 1. The Balaban J connectivity index is 0. The molecule has 0 aromatic carbocycles. The lowest BCUT2D eigenvalue weighted by molar-refractivity contribution is -0.141. The van der Waals surface area contributed by atoms with Gasteiger partial charge in [0.15, 0.2) is 0 Å². The van der Waals surface area contributed by atoms with Crippen molar-refractivity contribution in [1.29, 1.82) is 0 Å². The Hall–Kier alpha value is -0.240. The first-order valence-corrected chi connectivity index (χ1v) is 2.90. The predicted octanol–water partition coefficient (Wildman–Crippen LogP) is 1.77. The van der Waals surface area contributed by atoms with Gasteiger partial charge in [-0.3, -0.25) is 4.79 Å². The van der Waals surface area contributed by atoms with Crippen molar-refractivity contribution < 1.29 is 9.53 Å². The van der Waals surface area contributed by atoms with E-state index in [-0.39, 0.29) is 18.4 Å². The lowest BCUT2D eigenvalue weighted by atomic mass is 10.4. The van der Waals surface area contributed by atoms with E-state index in [9.17, 15) is 4.79 Å². The van der Waals surface area contributed by atoms with Crippen molar-refractivity contribution >= 4 is 18.4 Å². The molecule has 0 aromatic rings. The van der Waals surface area contributed by atoms with Crippen molar-refractivity contribution in [2.75, 3.05) is 6.61 Å². The van der Waals surface area contributed by atoms with E-state index in [0.717, 1.165) is 12.8 Å². The third kappa shape index (κ3) is 11.4. The van der Waals surface area contributed by atoms with Crippen LogP contribution in [0.4, 0.5) is 0 Å². The van der Waals surface area contributed by atoms with Crippen LogP contribution in [0.1, 0.15) is 26.7 Å². The van der Waals surface area contributed by atoms with Crippen molar-refractivity contribution in [2.45, 2.75) is 26.7 Å². The van der Waals surface area contributed by atoms with Gasteiger partial charge < -0.3 is 4.74 Å². The molecule has 0 heterocycles. The Morgan fingerprint density at radius 2 is 2.11 bits per heavy atom. The largest absolute Gasteiger partial charge is 0.466 e. The van der Waals surface area contributed by atoms with Crippen LogP contribution in [0.5, 0.6) is 0 Å². The molecule has 0 atom stereocenters. The molecule has 0 saturated heterocycles. The summed E-state index contributed by atoms with van der Waals surface area (Å²) < 4.78 is 4.64. The Kier molecular flexibility index (Phi) is 9.95. The Morgan fingerprint density at radius 1 is 1.56 bits per heavy atom. The van der Waals surface area contributed by atoms with Gasteiger partial charge in [0.05, 0.1) is 6.61 Å². The highest BCUT2D eigenvalue weighted by molar-refractivity contribution is 5.85. The fourth-order valence-corrected chi connectivity index (χ4v) is 0.360. The predicted molar refractivity (Wildman–Crippen MR) is 38.8 cm³/mol. The number of hydrogen-bond acceptors (Lipinski definition) is 2. The van der Waals surface area contributed by atoms with E-state index in [2.05, 4.69) is 11.7 Å². The van der Waals surface area contributed by atoms with Gasteiger partial charge in [-0.15, -0.1) is 12.4 Å². The summed E-state index contributed by atoms with van der Waals surface area (Å²) in [6.45, 7) is 4.06. The summed E-state index contributed by atoms with van der Waals surface area (Å²) in [6, 6.07) is 0. The normalized spacial score (nSPS) is 7.78. The van der Waals surface area contributed by atoms with Crippen molar-refractivity contribution in [3.05, 3.63) is 0 Å². The lowest BCUT2D eigenvalue weighted by Gasteiger charge is -1.96. The number of unbranched alkanes of at least 4 members (excludes halogenated alkanes) is 1. The van der Waals surface area contributed by atoms with E-state index < -0.39 is 0 Å². The fourth-order valence-electron chi connectivity index (χ4n) is 0.360. The number of carbonyl (C=O) groups is 1. The zero-order valence-electron chi connectivity index (χ0n) is 5.85. The number of ether oxygens (including phenoxy) is 1. The second kappa shape index (κ2) is 7.76. The van der Waals surface area contributed by atoms with E-state index >= 15 is 0 Å². The Morgan fingerprint density at radius 3 is 2.44 bits per heavy atom. The molecule has 0 aliphatic rings. The number of halogens is 1. The molecule has 0 radical (unpaired) electrons. The molecule has 0 aromatic heterocycles. The number of rotatable bonds is 3. The summed E-state index contributed by atoms with van der Waals surface area (Å²) >= 11 is 0. The van der Waals surface area contributed by atoms with Gasteiger partial charge in [0, 0.05) is 6.92 Å². The van der Waals surface area contributed by atoms with E-state index in [1.165, 1.54) is 6.92 Å². The first-order valence-electron chi connectivity index (χ1n) is 2.90. The average Bonchev–Trinajstić information content (AvgIpc) is 1.66. The minimum Gasteiger partial charge on any atom is -0.466 e. The Bertz CT molecular complexity index is 73.5. The van der Waals surface area contributed by atoms with Crippen molar-refractivity contribution in [1.82, 2.24) is 0 Å². The number of carbonyl (C=O) groups excluding carboxylic acids is 1. The maximum atomic E-state index is 10.1. The Labute approximate surface area is 62.0 Å². The van der Waals surface area contributed by atoms with E-state index in [4.69, 9.17) is 0 Å². The maximum Gasteiger partial charge on any atom is 0.302 e. The highest BCUT2D eigenvalue weighted by Gasteiger charge is 1.88. The van der Waals surface area contributed by atoms with Crippen LogP contribution in [0, 0.1) is 0 Å². The quantitative estimate of drug-likeness (QED) is 0.455. The topological polar surface area (TPSA) is 26.3 Å². The summed E-state index contributed by atoms with van der Waals surface area (Å²) in [5, 5.41) is 0. The molecule has 0 spiro atoms. The van der Waals surface area contributed by atoms with Gasteiger partial charge in [-0.2, -0.15) is 0 Å². The highest BCUT2D eigenvalue weighted by atomic mass is 35.5. The molecule has 0 saturated carbocycles. The molecule has 0 fully saturated rings. The molecule has 0 aliphatic heterocycles. The van der Waals surface area contributed by atoms with Crippen molar-refractivity contribution in [3.63, 3.8) is 0 Å². The van der Waals surface area contributed by atoms with Gasteiger partial charge in [0.25, 0.3) is 0 Å². The molecule has 2 nitrogen and oxygen atoms in total. The molecule has 3 heteroatoms. The lowest BCUT2D eigenvalue weighted by Crippen LogP contribution is -1.99. The summed E-state index contributed by atoms with van der Waals surface area (Å²) in [6.07, 6.45) is 2.05. The molecule has 0 bridgehead atoms. The molecule has 0 amide bonds. The number of hydrogen-bond donors (Lipinski definition) is 0. The zero-order chi connectivity index (χ0) is 6.41. The van der Waals surface area contributed by atoms with Crippen molar-refractivity contribution in [3.8, 4) is 0 Å². The molecular formula is C6H13ClO2. The van der Waals surface area contributed by atoms with Crippen molar-refractivity contribution in [2.24, 2.45) is 0 Å². The molecular weight excluding hydrogens is 140 g/mol. The molecule has 0 N–H and O–H groups in total. The minimum atomic E-state index is -0.182. The van der Waals surface area contributed by atoms with E-state index in [0.29, 0.717) is 6.61 Å². The SMILES string of the molecule is CCCCOC(C)=O.Cl. The summed E-state index contributed by atoms with van der Waals surface area (Å²) in [5.41, 5.74) is 0. The highest BCUT2D eigenvalue weighted by Crippen LogP contribution is 1.86. The third-order valence-corrected chi connectivity index (χ3v) is 0.803. The van der Waals surface area contributed by atoms with Crippen LogP contribution in [0.2, 0.25) is 0 Å². The van der Waals surface area contributed by atoms with E-state index in [1.54, 1.807) is 0 Å². The average molecular weight is 153 g/mol. The summed E-state index contributed by atoms with van der Waals surface area (Å²) in [5.74, 6) is -0.182. The van der Waals surface area contributed by atoms with Gasteiger partial charge in [0.1, 0.15) is 0 Å². The summed E-state index contributed by atoms with van der Waals surface area (Å²) in [4.78, 5) is 10.1. The van der Waals surface area contributed by atoms with Crippen LogP contribution in [0.3, 0.4) is 0 Å². The smallest absolute Gasteiger partial charge is 0.302 e. The first kappa shape index (κ1) is 11.5. The molecule has 56 valence electrons. The monoisotopic (exact) mass is 152 g/mol. The first-order chi connectivity index (χ1) is 3.77. The fraction of sp³-hybridized carbons (Fsp3) is 0.833. The van der Waals surface area contributed by atoms with Crippen LogP contribution in [-0.2, 0) is 9.53 Å². The third-order valence-electron chi connectivity index (χ3n) is 0.803.